The Morgan fingerprint density at radius 1 is 1.23 bits per heavy atom. The van der Waals surface area contributed by atoms with Gasteiger partial charge in [0.2, 0.25) is 11.8 Å². The van der Waals surface area contributed by atoms with Crippen molar-refractivity contribution in [3.05, 3.63) is 46.6 Å². The molecular weight excluding hydrogens is 472 g/mol. The van der Waals surface area contributed by atoms with Crippen molar-refractivity contribution in [1.82, 2.24) is 9.80 Å². The van der Waals surface area contributed by atoms with Crippen LogP contribution >= 0.6 is 15.9 Å². The van der Waals surface area contributed by atoms with Crippen LogP contribution in [0.1, 0.15) is 18.6 Å². The van der Waals surface area contributed by atoms with Gasteiger partial charge in [0.15, 0.2) is 9.84 Å². The number of rotatable bonds is 5. The number of carbonyl (C=O) groups excluding carboxylic acids is 2. The van der Waals surface area contributed by atoms with Crippen LogP contribution in [0.2, 0.25) is 0 Å². The number of halogens is 1. The maximum absolute atomic E-state index is 12.9. The lowest BCUT2D eigenvalue weighted by Gasteiger charge is -2.24. The fraction of sp³-hybridized carbons (Fsp3) is 0.429. The number of nitrogens with zero attached hydrogens (tertiary/aromatic N) is 2. The number of carbonyl (C=O) groups is 2. The van der Waals surface area contributed by atoms with Crippen LogP contribution in [-0.4, -0.2) is 61.2 Å². The van der Waals surface area contributed by atoms with Gasteiger partial charge in [0, 0.05) is 36.1 Å². The first-order chi connectivity index (χ1) is 14.2. The van der Waals surface area contributed by atoms with E-state index < -0.39 is 15.8 Å². The van der Waals surface area contributed by atoms with E-state index in [2.05, 4.69) is 15.9 Å². The van der Waals surface area contributed by atoms with Gasteiger partial charge in [0.05, 0.1) is 24.0 Å². The molecule has 2 atom stereocenters. The van der Waals surface area contributed by atoms with Gasteiger partial charge in [-0.25, -0.2) is 8.42 Å². The summed E-state index contributed by atoms with van der Waals surface area (Å²) in [6.45, 7) is 0.586. The van der Waals surface area contributed by atoms with Gasteiger partial charge in [0.1, 0.15) is 11.5 Å². The molecule has 4 rings (SSSR count). The van der Waals surface area contributed by atoms with E-state index >= 15 is 0 Å². The summed E-state index contributed by atoms with van der Waals surface area (Å²) in [6, 6.07) is 11.2. The van der Waals surface area contributed by atoms with E-state index in [0.717, 1.165) is 15.8 Å². The lowest BCUT2D eigenvalue weighted by molar-refractivity contribution is -0.135. The zero-order valence-corrected chi connectivity index (χ0v) is 19.0. The molecule has 1 aromatic heterocycles. The number of hydrogen-bond donors (Lipinski definition) is 0. The lowest BCUT2D eigenvalue weighted by Crippen LogP contribution is -2.39. The quantitative estimate of drug-likeness (QED) is 0.637. The number of hydrogen-bond acceptors (Lipinski definition) is 5. The van der Waals surface area contributed by atoms with E-state index in [9.17, 15) is 18.0 Å². The fourth-order valence-corrected chi connectivity index (χ4v) is 6.12. The second-order valence-corrected chi connectivity index (χ2v) is 11.1. The molecule has 2 aromatic rings. The van der Waals surface area contributed by atoms with Crippen molar-refractivity contribution in [2.75, 3.05) is 25.1 Å². The predicted octanol–water partition coefficient (Wildman–Crippen LogP) is 2.70. The van der Waals surface area contributed by atoms with Crippen LogP contribution in [0.25, 0.3) is 11.3 Å². The van der Waals surface area contributed by atoms with E-state index in [4.69, 9.17) is 4.42 Å². The van der Waals surface area contributed by atoms with Gasteiger partial charge < -0.3 is 14.2 Å². The number of benzene rings is 1. The largest absolute Gasteiger partial charge is 0.459 e. The molecule has 0 spiro atoms. The van der Waals surface area contributed by atoms with Crippen LogP contribution in [0.15, 0.2) is 45.3 Å². The van der Waals surface area contributed by atoms with Crippen molar-refractivity contribution in [3.63, 3.8) is 0 Å². The summed E-state index contributed by atoms with van der Waals surface area (Å²) in [5, 5.41) is 0. The van der Waals surface area contributed by atoms with Crippen molar-refractivity contribution in [2.45, 2.75) is 25.4 Å². The first-order valence-electron chi connectivity index (χ1n) is 9.81. The highest BCUT2D eigenvalue weighted by Crippen LogP contribution is 2.28. The van der Waals surface area contributed by atoms with E-state index in [1.165, 1.54) is 0 Å². The highest BCUT2D eigenvalue weighted by molar-refractivity contribution is 9.10. The molecule has 0 saturated carbocycles. The summed E-state index contributed by atoms with van der Waals surface area (Å²) in [5.41, 5.74) is 0.946. The standard InChI is InChI=1S/C21H23BrN2O5S/c1-23(12-18-6-7-19(29-18)14-2-4-16(22)5-3-14)21(26)15-10-20(25)24(11-15)17-8-9-30(27,28)13-17/h2-7,15,17H,8-13H2,1H3. The van der Waals surface area contributed by atoms with Crippen molar-refractivity contribution >= 4 is 37.6 Å². The average Bonchev–Trinajstić information content (AvgIpc) is 3.40. The van der Waals surface area contributed by atoms with Gasteiger partial charge in [-0.2, -0.15) is 0 Å². The highest BCUT2D eigenvalue weighted by atomic mass is 79.9. The summed E-state index contributed by atoms with van der Waals surface area (Å²) < 4.78 is 30.3. The third-order valence-electron chi connectivity index (χ3n) is 5.72. The molecule has 2 unspecified atom stereocenters. The van der Waals surface area contributed by atoms with E-state index in [1.54, 1.807) is 16.8 Å². The van der Waals surface area contributed by atoms with Crippen LogP contribution in [0.5, 0.6) is 0 Å². The molecule has 1 aromatic carbocycles. The van der Waals surface area contributed by atoms with Crippen LogP contribution in [0.4, 0.5) is 0 Å². The molecule has 0 aliphatic carbocycles. The smallest absolute Gasteiger partial charge is 0.228 e. The summed E-state index contributed by atoms with van der Waals surface area (Å²) in [5.74, 6) is 0.772. The molecule has 2 saturated heterocycles. The fourth-order valence-electron chi connectivity index (χ4n) is 4.13. The Kier molecular flexibility index (Phi) is 5.76. The lowest BCUT2D eigenvalue weighted by atomic mass is 10.1. The molecule has 0 bridgehead atoms. The van der Waals surface area contributed by atoms with Crippen molar-refractivity contribution in [2.24, 2.45) is 5.92 Å². The van der Waals surface area contributed by atoms with Crippen molar-refractivity contribution in [3.8, 4) is 11.3 Å². The normalized spacial score (nSPS) is 23.1. The van der Waals surface area contributed by atoms with E-state index in [1.807, 2.05) is 36.4 Å². The van der Waals surface area contributed by atoms with Crippen molar-refractivity contribution in [1.29, 1.82) is 0 Å². The molecule has 0 radical (unpaired) electrons. The predicted molar refractivity (Wildman–Crippen MR) is 115 cm³/mol. The maximum Gasteiger partial charge on any atom is 0.228 e. The second kappa shape index (κ2) is 8.19. The van der Waals surface area contributed by atoms with E-state index in [0.29, 0.717) is 18.7 Å². The highest BCUT2D eigenvalue weighted by Gasteiger charge is 2.42. The van der Waals surface area contributed by atoms with Gasteiger partial charge in [-0.15, -0.1) is 0 Å². The first kappa shape index (κ1) is 21.1. The summed E-state index contributed by atoms with van der Waals surface area (Å²) in [7, 11) is -1.39. The van der Waals surface area contributed by atoms with Crippen molar-refractivity contribution < 1.29 is 22.4 Å². The van der Waals surface area contributed by atoms with E-state index in [-0.39, 0.29) is 42.3 Å². The second-order valence-electron chi connectivity index (χ2n) is 7.97. The molecule has 30 heavy (non-hydrogen) atoms. The number of sulfone groups is 1. The summed E-state index contributed by atoms with van der Waals surface area (Å²) in [6.07, 6.45) is 0.581. The third kappa shape index (κ3) is 4.46. The summed E-state index contributed by atoms with van der Waals surface area (Å²) in [4.78, 5) is 28.4. The molecular formula is C21H23BrN2O5S. The molecule has 2 aliphatic heterocycles. The minimum absolute atomic E-state index is 0.000714. The zero-order chi connectivity index (χ0) is 21.5. The minimum Gasteiger partial charge on any atom is -0.459 e. The average molecular weight is 495 g/mol. The van der Waals surface area contributed by atoms with Gasteiger partial charge in [-0.05, 0) is 30.7 Å². The zero-order valence-electron chi connectivity index (χ0n) is 16.6. The van der Waals surface area contributed by atoms with Gasteiger partial charge in [0.25, 0.3) is 0 Å². The Balaban J connectivity index is 1.37. The van der Waals surface area contributed by atoms with Crippen LogP contribution in [0, 0.1) is 5.92 Å². The third-order valence-corrected chi connectivity index (χ3v) is 8.00. The molecule has 0 N–H and O–H groups in total. The summed E-state index contributed by atoms with van der Waals surface area (Å²) >= 11 is 3.41. The van der Waals surface area contributed by atoms with Gasteiger partial charge >= 0.3 is 0 Å². The Morgan fingerprint density at radius 3 is 2.63 bits per heavy atom. The molecule has 160 valence electrons. The Labute approximate surface area is 184 Å². The number of furan rings is 1. The number of likely N-dealkylation sites (tertiary alicyclic amines) is 1. The SMILES string of the molecule is CN(Cc1ccc(-c2ccc(Br)cc2)o1)C(=O)C1CC(=O)N(C2CCS(=O)(=O)C2)C1. The van der Waals surface area contributed by atoms with Crippen LogP contribution < -0.4 is 0 Å². The Hall–Kier alpha value is -2.13. The topological polar surface area (TPSA) is 87.9 Å². The van der Waals surface area contributed by atoms with Crippen LogP contribution in [-0.2, 0) is 26.0 Å². The van der Waals surface area contributed by atoms with Gasteiger partial charge in [-0.3, -0.25) is 9.59 Å². The molecule has 9 heteroatoms. The number of amides is 2. The Morgan fingerprint density at radius 2 is 1.97 bits per heavy atom. The molecule has 3 heterocycles. The first-order valence-corrected chi connectivity index (χ1v) is 12.4. The van der Waals surface area contributed by atoms with Crippen LogP contribution in [0.3, 0.4) is 0 Å². The van der Waals surface area contributed by atoms with Gasteiger partial charge in [-0.1, -0.05) is 28.1 Å². The minimum atomic E-state index is -3.08. The Bertz CT molecular complexity index is 1060. The monoisotopic (exact) mass is 494 g/mol. The molecule has 2 aliphatic rings. The molecule has 2 fully saturated rings. The molecule has 7 nitrogen and oxygen atoms in total. The molecule has 2 amide bonds. The maximum atomic E-state index is 12.9.